The van der Waals surface area contributed by atoms with Crippen LogP contribution in [0.25, 0.3) is 33.2 Å². The number of halogens is 1. The zero-order valence-corrected chi connectivity index (χ0v) is 29.3. The molecule has 2 saturated heterocycles. The molecule has 1 N–H and O–H groups in total. The monoisotopic (exact) mass is 651 g/mol. The smallest absolute Gasteiger partial charge is 0.407 e. The van der Waals surface area contributed by atoms with E-state index >= 15 is 0 Å². The van der Waals surface area contributed by atoms with E-state index in [2.05, 4.69) is 45.7 Å². The molecule has 3 atom stereocenters. The van der Waals surface area contributed by atoms with Gasteiger partial charge in [0.1, 0.15) is 23.7 Å². The first-order valence-corrected chi connectivity index (χ1v) is 20.1. The van der Waals surface area contributed by atoms with Crippen LogP contribution in [-0.4, -0.2) is 69.3 Å². The quantitative estimate of drug-likeness (QED) is 0.159. The standard InChI is InChI=1S/C33H46ClN7O3Si/c1-33(2,3)44-32(42)36-22-14-21-8-9-23(15-22)41(17-21)28-16-35-30-25(24-10-11-27-26(29(24)34)18-39(4)38-27)19-40(31(30)37-28)20-43-12-13-45(5,6)7/h10-11,16,18-19,21-23H,8-9,12-15,17,20H2,1-7H3,(H,36,42)/t21-,22-,23-/m0/s1. The molecule has 0 spiro atoms. The van der Waals surface area contributed by atoms with E-state index in [-0.39, 0.29) is 18.2 Å². The van der Waals surface area contributed by atoms with Crippen LogP contribution in [0.15, 0.2) is 30.7 Å². The number of benzene rings is 1. The fourth-order valence-electron chi connectivity index (χ4n) is 6.64. The third kappa shape index (κ3) is 7.15. The van der Waals surface area contributed by atoms with E-state index in [1.54, 1.807) is 4.68 Å². The molecule has 0 unspecified atom stereocenters. The number of nitrogens with one attached hydrogen (secondary N) is 1. The lowest BCUT2D eigenvalue weighted by atomic mass is 9.94. The fourth-order valence-corrected chi connectivity index (χ4v) is 7.71. The van der Waals surface area contributed by atoms with E-state index < -0.39 is 13.7 Å². The molecule has 0 radical (unpaired) electrons. The second kappa shape index (κ2) is 12.2. The first kappa shape index (κ1) is 31.8. The van der Waals surface area contributed by atoms with Gasteiger partial charge in [0.25, 0.3) is 0 Å². The van der Waals surface area contributed by atoms with E-state index in [0.29, 0.717) is 24.3 Å². The number of hydrogen-bond acceptors (Lipinski definition) is 7. The maximum atomic E-state index is 12.6. The topological polar surface area (TPSA) is 99.3 Å². The summed E-state index contributed by atoms with van der Waals surface area (Å²) in [5.74, 6) is 1.32. The summed E-state index contributed by atoms with van der Waals surface area (Å²) < 4.78 is 15.6. The van der Waals surface area contributed by atoms with Gasteiger partial charge in [0, 0.05) is 69.3 Å². The molecule has 242 valence electrons. The number of nitrogens with zero attached hydrogens (tertiary/aromatic N) is 6. The number of aryl methyl sites for hydroxylation is 1. The lowest BCUT2D eigenvalue weighted by Crippen LogP contribution is -2.43. The second-order valence-corrected chi connectivity index (χ2v) is 21.0. The first-order chi connectivity index (χ1) is 21.2. The average Bonchev–Trinajstić information content (AvgIpc) is 3.37. The van der Waals surface area contributed by atoms with Crippen LogP contribution in [0.5, 0.6) is 0 Å². The highest BCUT2D eigenvalue weighted by atomic mass is 35.5. The molecule has 45 heavy (non-hydrogen) atoms. The highest BCUT2D eigenvalue weighted by Crippen LogP contribution is 2.40. The lowest BCUT2D eigenvalue weighted by molar-refractivity contribution is 0.0498. The number of amides is 1. The Morgan fingerprint density at radius 3 is 2.69 bits per heavy atom. The molecule has 1 amide bonds. The van der Waals surface area contributed by atoms with E-state index in [1.165, 1.54) is 0 Å². The number of anilines is 1. The van der Waals surface area contributed by atoms with Crippen LogP contribution in [0.1, 0.15) is 46.5 Å². The summed E-state index contributed by atoms with van der Waals surface area (Å²) in [4.78, 5) is 25.3. The van der Waals surface area contributed by atoms with Crippen molar-refractivity contribution in [2.75, 3.05) is 18.1 Å². The van der Waals surface area contributed by atoms with Gasteiger partial charge >= 0.3 is 6.09 Å². The van der Waals surface area contributed by atoms with Gasteiger partial charge in [0.2, 0.25) is 0 Å². The van der Waals surface area contributed by atoms with Crippen molar-refractivity contribution in [2.45, 2.75) is 96.6 Å². The van der Waals surface area contributed by atoms with E-state index in [9.17, 15) is 4.79 Å². The maximum Gasteiger partial charge on any atom is 0.407 e. The summed E-state index contributed by atoms with van der Waals surface area (Å²) in [6.07, 6.45) is 9.56. The van der Waals surface area contributed by atoms with E-state index in [1.807, 2.05) is 52.3 Å². The van der Waals surface area contributed by atoms with Gasteiger partial charge in [-0.3, -0.25) is 4.68 Å². The van der Waals surface area contributed by atoms with Crippen molar-refractivity contribution >= 4 is 53.7 Å². The fraction of sp³-hybridized carbons (Fsp3) is 0.576. The summed E-state index contributed by atoms with van der Waals surface area (Å²) >= 11 is 6.99. The number of rotatable bonds is 8. The van der Waals surface area contributed by atoms with Gasteiger partial charge in [-0.1, -0.05) is 37.3 Å². The van der Waals surface area contributed by atoms with Crippen LogP contribution in [0.4, 0.5) is 10.6 Å². The number of piperidine rings is 1. The number of carbonyl (C=O) groups is 1. The van der Waals surface area contributed by atoms with E-state index in [0.717, 1.165) is 77.3 Å². The number of alkyl carbamates (subject to hydrolysis) is 1. The Balaban J connectivity index is 1.31. The molecule has 1 aliphatic carbocycles. The van der Waals surface area contributed by atoms with Gasteiger partial charge in [-0.25, -0.2) is 14.8 Å². The Bertz CT molecular complexity index is 1710. The molecule has 2 aliphatic heterocycles. The van der Waals surface area contributed by atoms with E-state index in [4.69, 9.17) is 31.0 Å². The summed E-state index contributed by atoms with van der Waals surface area (Å²) in [5, 5.41) is 9.22. The molecular formula is C33H46ClN7O3Si. The molecule has 5 heterocycles. The minimum absolute atomic E-state index is 0.0683. The number of ether oxygens (including phenoxy) is 2. The van der Waals surface area contributed by atoms with Gasteiger partial charge in [-0.05, 0) is 64.5 Å². The van der Waals surface area contributed by atoms with Crippen LogP contribution < -0.4 is 10.2 Å². The van der Waals surface area contributed by atoms with Gasteiger partial charge in [-0.15, -0.1) is 0 Å². The highest BCUT2D eigenvalue weighted by molar-refractivity contribution is 6.76. The van der Waals surface area contributed by atoms with Crippen molar-refractivity contribution in [2.24, 2.45) is 13.0 Å². The van der Waals surface area contributed by atoms with Gasteiger partial charge in [-0.2, -0.15) is 5.10 Å². The Hall–Kier alpha value is -3.15. The van der Waals surface area contributed by atoms with Crippen LogP contribution in [0.2, 0.25) is 30.7 Å². The van der Waals surface area contributed by atoms with Crippen molar-refractivity contribution in [3.05, 3.63) is 35.7 Å². The summed E-state index contributed by atoms with van der Waals surface area (Å²) in [6.45, 7) is 14.7. The summed E-state index contributed by atoms with van der Waals surface area (Å²) in [5.41, 5.74) is 3.73. The molecule has 12 heteroatoms. The SMILES string of the molecule is Cn1cc2c(Cl)c(-c3cn(COCC[Si](C)(C)C)c4nc(N5C[C@H]6CC[C@H]5C[C@@H](NC(=O)OC(C)(C)C)C6)cnc34)ccc2n1. The number of aromatic nitrogens is 5. The Morgan fingerprint density at radius 2 is 1.93 bits per heavy atom. The number of hydrogen-bond donors (Lipinski definition) is 1. The predicted octanol–water partition coefficient (Wildman–Crippen LogP) is 7.22. The molecule has 1 aromatic carbocycles. The minimum atomic E-state index is -1.23. The van der Waals surface area contributed by atoms with Gasteiger partial charge < -0.3 is 24.3 Å². The molecule has 3 aliphatic rings. The molecule has 2 bridgehead atoms. The van der Waals surface area contributed by atoms with Crippen LogP contribution in [0.3, 0.4) is 0 Å². The normalized spacial score (nSPS) is 20.6. The van der Waals surface area contributed by atoms with Crippen molar-refractivity contribution in [1.29, 1.82) is 0 Å². The zero-order valence-electron chi connectivity index (χ0n) is 27.6. The summed E-state index contributed by atoms with van der Waals surface area (Å²) in [6, 6.07) is 5.44. The molecule has 10 nitrogen and oxygen atoms in total. The zero-order chi connectivity index (χ0) is 32.1. The molecule has 3 aromatic heterocycles. The third-order valence-corrected chi connectivity index (χ3v) is 10.9. The number of fused-ring (bicyclic) bond motifs is 6. The van der Waals surface area contributed by atoms with Crippen LogP contribution in [0, 0.1) is 5.92 Å². The van der Waals surface area contributed by atoms with Crippen LogP contribution >= 0.6 is 11.6 Å². The van der Waals surface area contributed by atoms with Gasteiger partial charge in [0.05, 0.1) is 16.7 Å². The molecule has 3 fully saturated rings. The average molecular weight is 652 g/mol. The third-order valence-electron chi connectivity index (χ3n) is 8.80. The lowest BCUT2D eigenvalue weighted by Gasteiger charge is -2.37. The highest BCUT2D eigenvalue weighted by Gasteiger charge is 2.38. The van der Waals surface area contributed by atoms with Crippen molar-refractivity contribution < 1.29 is 14.3 Å². The van der Waals surface area contributed by atoms with Crippen LogP contribution in [-0.2, 0) is 23.3 Å². The maximum absolute atomic E-state index is 12.6. The molecular weight excluding hydrogens is 606 g/mol. The molecule has 7 rings (SSSR count). The Kier molecular flexibility index (Phi) is 8.64. The predicted molar refractivity (Wildman–Crippen MR) is 183 cm³/mol. The van der Waals surface area contributed by atoms with Crippen molar-refractivity contribution in [3.8, 4) is 11.1 Å². The van der Waals surface area contributed by atoms with Gasteiger partial charge in [0.15, 0.2) is 5.65 Å². The Labute approximate surface area is 271 Å². The number of carbonyl (C=O) groups excluding carboxylic acids is 1. The van der Waals surface area contributed by atoms with Crippen molar-refractivity contribution in [3.63, 3.8) is 0 Å². The Morgan fingerprint density at radius 1 is 1.13 bits per heavy atom. The van der Waals surface area contributed by atoms with Crippen molar-refractivity contribution in [1.82, 2.24) is 29.6 Å². The largest absolute Gasteiger partial charge is 0.444 e. The summed E-state index contributed by atoms with van der Waals surface area (Å²) in [7, 11) is 0.672. The first-order valence-electron chi connectivity index (χ1n) is 16.1. The second-order valence-electron chi connectivity index (χ2n) is 15.0. The molecule has 4 aromatic rings. The minimum Gasteiger partial charge on any atom is -0.444 e. The molecule has 1 saturated carbocycles.